The largest absolute Gasteiger partial charge is 0.492 e. The second-order valence-electron chi connectivity index (χ2n) is 7.48. The molecule has 9 heteroatoms. The summed E-state index contributed by atoms with van der Waals surface area (Å²) in [7, 11) is 0. The van der Waals surface area contributed by atoms with E-state index in [1.807, 2.05) is 12.1 Å². The Morgan fingerprint density at radius 3 is 2.97 bits per heavy atom. The van der Waals surface area contributed by atoms with E-state index in [4.69, 9.17) is 18.9 Å². The predicted molar refractivity (Wildman–Crippen MR) is 102 cm³/mol. The zero-order valence-corrected chi connectivity index (χ0v) is 16.5. The number of hydrogen-bond donors (Lipinski definition) is 2. The molecule has 0 saturated carbocycles. The highest BCUT2D eigenvalue weighted by molar-refractivity contribution is 5.83. The molecule has 1 amide bonds. The Morgan fingerprint density at radius 1 is 1.24 bits per heavy atom. The van der Waals surface area contributed by atoms with Crippen LogP contribution in [0.25, 0.3) is 0 Å². The molecule has 0 radical (unpaired) electrons. The number of benzene rings is 1. The predicted octanol–water partition coefficient (Wildman–Crippen LogP) is 0.831. The normalized spacial score (nSPS) is 25.7. The molecule has 4 rings (SSSR count). The van der Waals surface area contributed by atoms with Crippen LogP contribution >= 0.6 is 0 Å². The Morgan fingerprint density at radius 2 is 2.10 bits per heavy atom. The lowest BCUT2D eigenvalue weighted by Crippen LogP contribution is -2.50. The van der Waals surface area contributed by atoms with Crippen molar-refractivity contribution in [2.45, 2.75) is 38.3 Å². The average Bonchev–Trinajstić information content (AvgIpc) is 3.41. The topological polar surface area (TPSA) is 98.4 Å². The Kier molecular flexibility index (Phi) is 6.05. The Balaban J connectivity index is 1.25. The maximum atomic E-state index is 12.9. The molecule has 0 aromatic heterocycles. The number of hydrazine groups is 1. The molecule has 2 saturated heterocycles. The number of carbonyl (C=O) groups excluding carboxylic acids is 2. The van der Waals surface area contributed by atoms with Gasteiger partial charge in [0.05, 0.1) is 18.6 Å². The standard InChI is InChI=1S/C20H27N3O6/c1-2-26-20(25)13-4-3-7-23(10-13)19(24)16-8-14(21-22-16)11-27-15-5-6-17-18(9-15)29-12-28-17/h5-6,9,13-14,16,21-22H,2-4,7-8,10-12H2,1H3. The first kappa shape index (κ1) is 19.8. The van der Waals surface area contributed by atoms with Crippen LogP contribution in [0.4, 0.5) is 0 Å². The van der Waals surface area contributed by atoms with Gasteiger partial charge in [0.15, 0.2) is 11.5 Å². The first-order valence-corrected chi connectivity index (χ1v) is 10.1. The second-order valence-corrected chi connectivity index (χ2v) is 7.48. The summed E-state index contributed by atoms with van der Waals surface area (Å²) in [5.74, 6) is 1.65. The number of esters is 1. The van der Waals surface area contributed by atoms with E-state index in [1.54, 1.807) is 17.9 Å². The van der Waals surface area contributed by atoms with Crippen molar-refractivity contribution in [1.29, 1.82) is 0 Å². The summed E-state index contributed by atoms with van der Waals surface area (Å²) in [6.07, 6.45) is 2.20. The lowest BCUT2D eigenvalue weighted by atomic mass is 9.97. The molecule has 1 aromatic carbocycles. The van der Waals surface area contributed by atoms with Crippen molar-refractivity contribution in [1.82, 2.24) is 15.8 Å². The molecule has 3 unspecified atom stereocenters. The van der Waals surface area contributed by atoms with Crippen molar-refractivity contribution in [3.05, 3.63) is 18.2 Å². The monoisotopic (exact) mass is 405 g/mol. The molecule has 9 nitrogen and oxygen atoms in total. The van der Waals surface area contributed by atoms with Crippen LogP contribution < -0.4 is 25.1 Å². The summed E-state index contributed by atoms with van der Waals surface area (Å²) in [5, 5.41) is 0. The van der Waals surface area contributed by atoms with Gasteiger partial charge in [0.25, 0.3) is 0 Å². The smallest absolute Gasteiger partial charge is 0.310 e. The van der Waals surface area contributed by atoms with Crippen molar-refractivity contribution in [2.24, 2.45) is 5.92 Å². The molecule has 0 spiro atoms. The minimum atomic E-state index is -0.332. The third-order valence-electron chi connectivity index (χ3n) is 5.43. The van der Waals surface area contributed by atoms with Crippen LogP contribution in [-0.4, -0.2) is 62.0 Å². The van der Waals surface area contributed by atoms with Crippen LogP contribution in [0.5, 0.6) is 17.2 Å². The van der Waals surface area contributed by atoms with Crippen molar-refractivity contribution in [3.63, 3.8) is 0 Å². The first-order valence-electron chi connectivity index (χ1n) is 10.1. The molecule has 29 heavy (non-hydrogen) atoms. The number of amides is 1. The number of nitrogens with zero attached hydrogens (tertiary/aromatic N) is 1. The first-order chi connectivity index (χ1) is 14.1. The molecule has 0 bridgehead atoms. The molecule has 2 N–H and O–H groups in total. The van der Waals surface area contributed by atoms with Crippen molar-refractivity contribution < 1.29 is 28.5 Å². The Labute approximate surface area is 169 Å². The molecule has 3 aliphatic rings. The number of piperidine rings is 1. The van der Waals surface area contributed by atoms with E-state index >= 15 is 0 Å². The molecule has 2 fully saturated rings. The highest BCUT2D eigenvalue weighted by Crippen LogP contribution is 2.35. The van der Waals surface area contributed by atoms with Gasteiger partial charge in [0.1, 0.15) is 18.4 Å². The number of nitrogens with one attached hydrogen (secondary N) is 2. The van der Waals surface area contributed by atoms with Crippen molar-refractivity contribution in [3.8, 4) is 17.2 Å². The summed E-state index contributed by atoms with van der Waals surface area (Å²) >= 11 is 0. The number of carbonyl (C=O) groups is 2. The molecule has 3 aliphatic heterocycles. The highest BCUT2D eigenvalue weighted by Gasteiger charge is 2.36. The van der Waals surface area contributed by atoms with Crippen LogP contribution in [0.1, 0.15) is 26.2 Å². The molecule has 158 valence electrons. The lowest BCUT2D eigenvalue weighted by molar-refractivity contribution is -0.151. The average molecular weight is 405 g/mol. The SMILES string of the molecule is CCOC(=O)C1CCCN(C(=O)C2CC(COc3ccc4c(c3)OCO4)NN2)C1. The number of likely N-dealkylation sites (tertiary alicyclic amines) is 1. The van der Waals surface area contributed by atoms with Gasteiger partial charge in [-0.2, -0.15) is 0 Å². The van der Waals surface area contributed by atoms with Gasteiger partial charge in [0, 0.05) is 19.2 Å². The Bertz CT molecular complexity index is 758. The third kappa shape index (κ3) is 4.56. The summed E-state index contributed by atoms with van der Waals surface area (Å²) < 4.78 is 21.6. The van der Waals surface area contributed by atoms with Gasteiger partial charge in [0.2, 0.25) is 12.7 Å². The molecular weight excluding hydrogens is 378 g/mol. The van der Waals surface area contributed by atoms with Gasteiger partial charge in [-0.15, -0.1) is 0 Å². The Hall–Kier alpha value is -2.52. The van der Waals surface area contributed by atoms with Gasteiger partial charge in [-0.3, -0.25) is 15.0 Å². The van der Waals surface area contributed by atoms with E-state index in [-0.39, 0.29) is 36.7 Å². The van der Waals surface area contributed by atoms with Gasteiger partial charge < -0.3 is 23.8 Å². The fraction of sp³-hybridized carbons (Fsp3) is 0.600. The lowest BCUT2D eigenvalue weighted by Gasteiger charge is -2.33. The minimum Gasteiger partial charge on any atom is -0.492 e. The van der Waals surface area contributed by atoms with Crippen LogP contribution in [0.15, 0.2) is 18.2 Å². The summed E-state index contributed by atoms with van der Waals surface area (Å²) in [6.45, 7) is 3.90. The zero-order chi connectivity index (χ0) is 20.2. The minimum absolute atomic E-state index is 0.0000159. The third-order valence-corrected chi connectivity index (χ3v) is 5.43. The molecule has 3 heterocycles. The number of hydrogen-bond acceptors (Lipinski definition) is 8. The van der Waals surface area contributed by atoms with Crippen LogP contribution in [0.2, 0.25) is 0 Å². The quantitative estimate of drug-likeness (QED) is 0.672. The van der Waals surface area contributed by atoms with Crippen molar-refractivity contribution in [2.75, 3.05) is 33.1 Å². The van der Waals surface area contributed by atoms with Gasteiger partial charge in [-0.1, -0.05) is 0 Å². The van der Waals surface area contributed by atoms with E-state index in [1.165, 1.54) is 0 Å². The zero-order valence-electron chi connectivity index (χ0n) is 16.5. The fourth-order valence-corrected chi connectivity index (χ4v) is 3.91. The van der Waals surface area contributed by atoms with Crippen LogP contribution in [-0.2, 0) is 14.3 Å². The van der Waals surface area contributed by atoms with E-state index in [0.717, 1.165) is 12.8 Å². The van der Waals surface area contributed by atoms with E-state index < -0.39 is 0 Å². The summed E-state index contributed by atoms with van der Waals surface area (Å²) in [5.41, 5.74) is 6.20. The maximum Gasteiger partial charge on any atom is 0.310 e. The summed E-state index contributed by atoms with van der Waals surface area (Å²) in [4.78, 5) is 26.7. The van der Waals surface area contributed by atoms with Crippen molar-refractivity contribution >= 4 is 11.9 Å². The number of fused-ring (bicyclic) bond motifs is 1. The van der Waals surface area contributed by atoms with E-state index in [9.17, 15) is 9.59 Å². The highest BCUT2D eigenvalue weighted by atomic mass is 16.7. The van der Waals surface area contributed by atoms with Gasteiger partial charge >= 0.3 is 5.97 Å². The van der Waals surface area contributed by atoms with E-state index in [0.29, 0.717) is 50.0 Å². The van der Waals surface area contributed by atoms with Crippen LogP contribution in [0.3, 0.4) is 0 Å². The second kappa shape index (κ2) is 8.87. The molecule has 0 aliphatic carbocycles. The molecule has 3 atom stereocenters. The maximum absolute atomic E-state index is 12.9. The molecular formula is C20H27N3O6. The van der Waals surface area contributed by atoms with Gasteiger partial charge in [-0.05, 0) is 38.3 Å². The fourth-order valence-electron chi connectivity index (χ4n) is 3.91. The molecule has 1 aromatic rings. The number of rotatable bonds is 6. The number of ether oxygens (including phenoxy) is 4. The van der Waals surface area contributed by atoms with E-state index in [2.05, 4.69) is 10.9 Å². The van der Waals surface area contributed by atoms with Crippen LogP contribution in [0, 0.1) is 5.92 Å². The summed E-state index contributed by atoms with van der Waals surface area (Å²) in [6, 6.07) is 5.13. The van der Waals surface area contributed by atoms with Gasteiger partial charge in [-0.25, -0.2) is 5.43 Å².